The van der Waals surface area contributed by atoms with Gasteiger partial charge in [-0.15, -0.1) is 0 Å². The lowest BCUT2D eigenvalue weighted by Crippen LogP contribution is -2.04. The monoisotopic (exact) mass is 309 g/mol. The Balaban J connectivity index is 2.18. The van der Waals surface area contributed by atoms with Crippen LogP contribution in [0.5, 0.6) is 0 Å². The van der Waals surface area contributed by atoms with Crippen molar-refractivity contribution in [3.05, 3.63) is 63.6 Å². The van der Waals surface area contributed by atoms with Gasteiger partial charge in [-0.05, 0) is 48.4 Å². The molecule has 0 spiro atoms. The maximum Gasteiger partial charge on any atom is 0.124 e. The maximum atomic E-state index is 13.2. The zero-order valence-corrected chi connectivity index (χ0v) is 11.5. The van der Waals surface area contributed by atoms with Crippen molar-refractivity contribution < 1.29 is 9.50 Å². The van der Waals surface area contributed by atoms with E-state index in [2.05, 4.69) is 20.9 Å². The molecule has 0 saturated heterocycles. The fourth-order valence-corrected chi connectivity index (χ4v) is 2.31. The number of pyridine rings is 1. The smallest absolute Gasteiger partial charge is 0.124 e. The van der Waals surface area contributed by atoms with E-state index in [-0.39, 0.29) is 5.82 Å². The minimum absolute atomic E-state index is 0.316. The molecule has 0 aliphatic heterocycles. The summed E-state index contributed by atoms with van der Waals surface area (Å²) in [5, 5.41) is 10.1. The van der Waals surface area contributed by atoms with Gasteiger partial charge in [0.2, 0.25) is 0 Å². The van der Waals surface area contributed by atoms with Crippen LogP contribution >= 0.6 is 15.9 Å². The third-order valence-corrected chi connectivity index (χ3v) is 3.09. The van der Waals surface area contributed by atoms with Crippen molar-refractivity contribution in [2.24, 2.45) is 0 Å². The number of hydrogen-bond acceptors (Lipinski definition) is 2. The lowest BCUT2D eigenvalue weighted by Gasteiger charge is -2.11. The summed E-state index contributed by atoms with van der Waals surface area (Å²) in [6, 6.07) is 8.31. The number of aryl methyl sites for hydroxylation is 1. The number of benzene rings is 1. The first kappa shape index (κ1) is 13.2. The van der Waals surface area contributed by atoms with Crippen molar-refractivity contribution in [1.29, 1.82) is 0 Å². The number of nitrogens with zero attached hydrogens (tertiary/aromatic N) is 1. The van der Waals surface area contributed by atoms with Crippen LogP contribution in [0.1, 0.15) is 22.9 Å². The van der Waals surface area contributed by atoms with Gasteiger partial charge in [0.15, 0.2) is 0 Å². The molecule has 0 radical (unpaired) electrons. The van der Waals surface area contributed by atoms with Crippen molar-refractivity contribution in [3.8, 4) is 0 Å². The SMILES string of the molecule is Cc1ccnc(C(O)Cc2cc(F)cc(Br)c2)c1. The predicted molar refractivity (Wildman–Crippen MR) is 71.7 cm³/mol. The van der Waals surface area contributed by atoms with Crippen molar-refractivity contribution in [2.45, 2.75) is 19.4 Å². The fraction of sp³-hybridized carbons (Fsp3) is 0.214. The van der Waals surface area contributed by atoms with Crippen LogP contribution in [-0.2, 0) is 6.42 Å². The van der Waals surface area contributed by atoms with E-state index >= 15 is 0 Å². The van der Waals surface area contributed by atoms with Gasteiger partial charge in [0.05, 0.1) is 11.8 Å². The second-order valence-electron chi connectivity index (χ2n) is 4.26. The van der Waals surface area contributed by atoms with Gasteiger partial charge in [-0.2, -0.15) is 0 Å². The van der Waals surface area contributed by atoms with Gasteiger partial charge in [-0.3, -0.25) is 4.98 Å². The van der Waals surface area contributed by atoms with E-state index in [0.717, 1.165) is 11.1 Å². The predicted octanol–water partition coefficient (Wildman–Crippen LogP) is 3.57. The second-order valence-corrected chi connectivity index (χ2v) is 5.17. The lowest BCUT2D eigenvalue weighted by atomic mass is 10.0. The molecule has 0 amide bonds. The van der Waals surface area contributed by atoms with E-state index in [1.165, 1.54) is 12.1 Å². The molecule has 0 fully saturated rings. The van der Waals surface area contributed by atoms with E-state index in [1.54, 1.807) is 12.3 Å². The fourth-order valence-electron chi connectivity index (χ4n) is 1.80. The molecule has 4 heteroatoms. The van der Waals surface area contributed by atoms with Crippen molar-refractivity contribution in [1.82, 2.24) is 4.98 Å². The molecule has 1 aromatic heterocycles. The minimum atomic E-state index is -0.724. The van der Waals surface area contributed by atoms with Gasteiger partial charge in [0.25, 0.3) is 0 Å². The Kier molecular flexibility index (Phi) is 4.09. The first-order valence-corrected chi connectivity index (χ1v) is 6.39. The summed E-state index contributed by atoms with van der Waals surface area (Å²) in [4.78, 5) is 4.13. The Bertz CT molecular complexity index is 539. The molecule has 1 unspecified atom stereocenters. The third-order valence-electron chi connectivity index (χ3n) is 2.63. The molecular formula is C14H13BrFNO. The molecule has 1 atom stereocenters. The second kappa shape index (κ2) is 5.59. The van der Waals surface area contributed by atoms with Gasteiger partial charge in [-0.25, -0.2) is 4.39 Å². The Morgan fingerprint density at radius 3 is 2.78 bits per heavy atom. The van der Waals surface area contributed by atoms with Crippen LogP contribution in [0.25, 0.3) is 0 Å². The average molecular weight is 310 g/mol. The summed E-state index contributed by atoms with van der Waals surface area (Å²) >= 11 is 3.23. The molecule has 2 rings (SSSR count). The molecule has 94 valence electrons. The topological polar surface area (TPSA) is 33.1 Å². The average Bonchev–Trinajstić information content (AvgIpc) is 2.27. The largest absolute Gasteiger partial charge is 0.386 e. The molecule has 2 aromatic rings. The van der Waals surface area contributed by atoms with Gasteiger partial charge >= 0.3 is 0 Å². The van der Waals surface area contributed by atoms with E-state index in [4.69, 9.17) is 0 Å². The van der Waals surface area contributed by atoms with Crippen LogP contribution in [0.2, 0.25) is 0 Å². The number of rotatable bonds is 3. The highest BCUT2D eigenvalue weighted by molar-refractivity contribution is 9.10. The molecule has 1 heterocycles. The van der Waals surface area contributed by atoms with Crippen LogP contribution in [0.3, 0.4) is 0 Å². The third kappa shape index (κ3) is 3.37. The molecule has 2 nitrogen and oxygen atoms in total. The van der Waals surface area contributed by atoms with E-state index in [1.807, 2.05) is 19.1 Å². The Morgan fingerprint density at radius 1 is 1.33 bits per heavy atom. The van der Waals surface area contributed by atoms with Crippen molar-refractivity contribution in [2.75, 3.05) is 0 Å². The summed E-state index contributed by atoms with van der Waals surface area (Å²) in [5.74, 6) is -0.316. The Labute approximate surface area is 114 Å². The molecule has 0 saturated carbocycles. The zero-order chi connectivity index (χ0) is 13.1. The highest BCUT2D eigenvalue weighted by atomic mass is 79.9. The summed E-state index contributed by atoms with van der Waals surface area (Å²) in [6.07, 6.45) is 1.28. The van der Waals surface area contributed by atoms with Gasteiger partial charge in [0, 0.05) is 17.1 Å². The molecule has 18 heavy (non-hydrogen) atoms. The number of aliphatic hydroxyl groups is 1. The number of aromatic nitrogens is 1. The quantitative estimate of drug-likeness (QED) is 0.940. The van der Waals surface area contributed by atoms with E-state index in [0.29, 0.717) is 16.6 Å². The standard InChI is InChI=1S/C14H13BrFNO/c1-9-2-3-17-13(4-9)14(18)7-10-5-11(15)8-12(16)6-10/h2-6,8,14,18H,7H2,1H3. The summed E-state index contributed by atoms with van der Waals surface area (Å²) < 4.78 is 13.9. The lowest BCUT2D eigenvalue weighted by molar-refractivity contribution is 0.173. The van der Waals surface area contributed by atoms with Gasteiger partial charge < -0.3 is 5.11 Å². The molecule has 1 N–H and O–H groups in total. The zero-order valence-electron chi connectivity index (χ0n) is 9.90. The molecule has 0 aliphatic carbocycles. The molecule has 0 aliphatic rings. The summed E-state index contributed by atoms with van der Waals surface area (Å²) in [5.41, 5.74) is 2.38. The highest BCUT2D eigenvalue weighted by Gasteiger charge is 2.11. The van der Waals surface area contributed by atoms with Crippen LogP contribution in [0.15, 0.2) is 41.0 Å². The van der Waals surface area contributed by atoms with Crippen molar-refractivity contribution in [3.63, 3.8) is 0 Å². The number of hydrogen-bond donors (Lipinski definition) is 1. The summed E-state index contributed by atoms with van der Waals surface area (Å²) in [6.45, 7) is 1.94. The highest BCUT2D eigenvalue weighted by Crippen LogP contribution is 2.21. The normalized spacial score (nSPS) is 12.4. The van der Waals surface area contributed by atoms with Crippen LogP contribution in [-0.4, -0.2) is 10.1 Å². The van der Waals surface area contributed by atoms with Gasteiger partial charge in [-0.1, -0.05) is 15.9 Å². The molecule has 1 aromatic carbocycles. The Hall–Kier alpha value is -1.26. The molecular weight excluding hydrogens is 297 g/mol. The first-order valence-electron chi connectivity index (χ1n) is 5.60. The minimum Gasteiger partial charge on any atom is -0.386 e. The Morgan fingerprint density at radius 2 is 2.11 bits per heavy atom. The number of aliphatic hydroxyl groups excluding tert-OH is 1. The molecule has 0 bridgehead atoms. The van der Waals surface area contributed by atoms with Crippen molar-refractivity contribution >= 4 is 15.9 Å². The number of halogens is 2. The van der Waals surface area contributed by atoms with Crippen LogP contribution in [0, 0.1) is 12.7 Å². The summed E-state index contributed by atoms with van der Waals surface area (Å²) in [7, 11) is 0. The van der Waals surface area contributed by atoms with Crippen LogP contribution in [0.4, 0.5) is 4.39 Å². The van der Waals surface area contributed by atoms with Gasteiger partial charge in [0.1, 0.15) is 5.82 Å². The van der Waals surface area contributed by atoms with E-state index < -0.39 is 6.10 Å². The first-order chi connectivity index (χ1) is 8.54. The van der Waals surface area contributed by atoms with E-state index in [9.17, 15) is 9.50 Å². The van der Waals surface area contributed by atoms with Crippen LogP contribution < -0.4 is 0 Å². The maximum absolute atomic E-state index is 13.2.